The Bertz CT molecular complexity index is 2660. The summed E-state index contributed by atoms with van der Waals surface area (Å²) in [5.41, 5.74) is 9.82. The van der Waals surface area contributed by atoms with Crippen molar-refractivity contribution < 1.29 is 25.8 Å². The maximum absolute atomic E-state index is 6.45. The second-order valence-electron chi connectivity index (χ2n) is 12.5. The van der Waals surface area contributed by atoms with Gasteiger partial charge in [-0.2, -0.15) is 6.07 Å². The van der Waals surface area contributed by atoms with Gasteiger partial charge >= 0.3 is 21.1 Å². The smallest absolute Gasteiger partial charge is 0.503 e. The van der Waals surface area contributed by atoms with Crippen LogP contribution in [-0.4, -0.2) is 23.7 Å². The molecule has 0 N–H and O–H groups in total. The number of ether oxygens (including phenoxy) is 1. The van der Waals surface area contributed by atoms with Crippen LogP contribution in [0, 0.1) is 32.9 Å². The average Bonchev–Trinajstić information content (AvgIpc) is 3.77. The van der Waals surface area contributed by atoms with Gasteiger partial charge in [-0.15, -0.1) is 34.7 Å². The predicted molar refractivity (Wildman–Crippen MR) is 194 cm³/mol. The molecule has 240 valence electrons. The SMILES string of the molecule is Cc1cc(Oc2[c-]c3c(cc2)c2ccccc2n3-c2cc(-n3c4c(C)cccc4c4cccc(C)c43)ccn2)[c-]c(-c2nccn2C)c1.[Pt+2]. The number of hydrogen-bond donors (Lipinski definition) is 0. The van der Waals surface area contributed by atoms with Crippen LogP contribution < -0.4 is 4.74 Å². The van der Waals surface area contributed by atoms with Gasteiger partial charge in [0.15, 0.2) is 0 Å². The number of benzene rings is 5. The fraction of sp³-hybridized carbons (Fsp3) is 0.0952. The van der Waals surface area contributed by atoms with Crippen LogP contribution in [0.3, 0.4) is 0 Å². The van der Waals surface area contributed by atoms with Crippen LogP contribution in [0.25, 0.3) is 66.5 Å². The molecule has 0 atom stereocenters. The van der Waals surface area contributed by atoms with Crippen molar-refractivity contribution in [3.8, 4) is 34.4 Å². The van der Waals surface area contributed by atoms with E-state index < -0.39 is 0 Å². The molecule has 0 fully saturated rings. The third kappa shape index (κ3) is 4.98. The van der Waals surface area contributed by atoms with Crippen LogP contribution in [0.15, 0.2) is 116 Å². The fourth-order valence-electron chi connectivity index (χ4n) is 7.16. The van der Waals surface area contributed by atoms with Gasteiger partial charge in [0.25, 0.3) is 0 Å². The molecule has 0 spiro atoms. The van der Waals surface area contributed by atoms with Crippen molar-refractivity contribution >= 4 is 43.6 Å². The first kappa shape index (κ1) is 30.9. The summed E-state index contributed by atoms with van der Waals surface area (Å²) in [6, 6.07) is 41.0. The summed E-state index contributed by atoms with van der Waals surface area (Å²) in [5, 5.41) is 4.71. The van der Waals surface area contributed by atoms with Crippen LogP contribution in [0.1, 0.15) is 16.7 Å². The summed E-state index contributed by atoms with van der Waals surface area (Å²) in [5.74, 6) is 2.86. The number of aryl methyl sites for hydroxylation is 4. The van der Waals surface area contributed by atoms with E-state index in [-0.39, 0.29) is 21.1 Å². The van der Waals surface area contributed by atoms with Gasteiger partial charge in [0, 0.05) is 59.5 Å². The first-order valence-corrected chi connectivity index (χ1v) is 16.1. The fourth-order valence-corrected chi connectivity index (χ4v) is 7.16. The van der Waals surface area contributed by atoms with E-state index in [0.717, 1.165) is 50.3 Å². The summed E-state index contributed by atoms with van der Waals surface area (Å²) in [6.07, 6.45) is 5.62. The third-order valence-electron chi connectivity index (χ3n) is 9.26. The normalized spacial score (nSPS) is 11.5. The van der Waals surface area contributed by atoms with Crippen molar-refractivity contribution in [1.82, 2.24) is 23.7 Å². The number of rotatable bonds is 5. The average molecular weight is 817 g/mol. The Morgan fingerprint density at radius 1 is 0.633 bits per heavy atom. The van der Waals surface area contributed by atoms with E-state index >= 15 is 0 Å². The minimum absolute atomic E-state index is 0. The van der Waals surface area contributed by atoms with Crippen molar-refractivity contribution in [3.63, 3.8) is 0 Å². The van der Waals surface area contributed by atoms with Gasteiger partial charge in [-0.3, -0.25) is 4.98 Å². The molecule has 49 heavy (non-hydrogen) atoms. The van der Waals surface area contributed by atoms with Crippen LogP contribution in [0.5, 0.6) is 11.5 Å². The monoisotopic (exact) mass is 816 g/mol. The molecule has 4 aromatic heterocycles. The van der Waals surface area contributed by atoms with Gasteiger partial charge in [-0.1, -0.05) is 79.2 Å². The van der Waals surface area contributed by atoms with E-state index in [4.69, 9.17) is 9.72 Å². The summed E-state index contributed by atoms with van der Waals surface area (Å²) in [4.78, 5) is 9.45. The molecule has 5 aromatic carbocycles. The summed E-state index contributed by atoms with van der Waals surface area (Å²) in [6.45, 7) is 6.42. The number of para-hydroxylation sites is 3. The minimum atomic E-state index is 0. The Hall–Kier alpha value is -5.45. The summed E-state index contributed by atoms with van der Waals surface area (Å²) in [7, 11) is 1.98. The number of pyridine rings is 1. The van der Waals surface area contributed by atoms with Crippen molar-refractivity contribution in [3.05, 3.63) is 144 Å². The van der Waals surface area contributed by atoms with Crippen LogP contribution in [-0.2, 0) is 28.1 Å². The van der Waals surface area contributed by atoms with E-state index in [1.54, 1.807) is 6.20 Å². The Balaban J connectivity index is 0.00000348. The molecular weight excluding hydrogens is 786 g/mol. The molecule has 0 aliphatic rings. The molecule has 9 aromatic rings. The molecule has 4 heterocycles. The van der Waals surface area contributed by atoms with E-state index in [2.05, 4.69) is 132 Å². The van der Waals surface area contributed by atoms with Gasteiger partial charge < -0.3 is 18.4 Å². The first-order chi connectivity index (χ1) is 23.4. The van der Waals surface area contributed by atoms with Crippen LogP contribution >= 0.6 is 0 Å². The maximum atomic E-state index is 6.45. The topological polar surface area (TPSA) is 49.8 Å². The third-order valence-corrected chi connectivity index (χ3v) is 9.26. The number of hydrogen-bond acceptors (Lipinski definition) is 3. The number of nitrogens with zero attached hydrogens (tertiary/aromatic N) is 5. The second kappa shape index (κ2) is 11.9. The number of imidazole rings is 1. The molecule has 0 aliphatic carbocycles. The second-order valence-corrected chi connectivity index (χ2v) is 12.5. The summed E-state index contributed by atoms with van der Waals surface area (Å²) >= 11 is 0. The van der Waals surface area contributed by atoms with Crippen LogP contribution in [0.4, 0.5) is 0 Å². The molecule has 7 heteroatoms. The van der Waals surface area contributed by atoms with Gasteiger partial charge in [0.05, 0.1) is 22.5 Å². The number of aromatic nitrogens is 5. The van der Waals surface area contributed by atoms with Crippen LogP contribution in [0.2, 0.25) is 0 Å². The molecule has 0 bridgehead atoms. The molecule has 9 rings (SSSR count). The zero-order valence-corrected chi connectivity index (χ0v) is 29.7. The quantitative estimate of drug-likeness (QED) is 0.163. The molecule has 6 nitrogen and oxygen atoms in total. The van der Waals surface area contributed by atoms with Crippen molar-refractivity contribution in [2.75, 3.05) is 0 Å². The van der Waals surface area contributed by atoms with Gasteiger partial charge in [0.2, 0.25) is 0 Å². The predicted octanol–water partition coefficient (Wildman–Crippen LogP) is 9.99. The van der Waals surface area contributed by atoms with Crippen molar-refractivity contribution in [2.24, 2.45) is 7.05 Å². The van der Waals surface area contributed by atoms with E-state index in [0.29, 0.717) is 11.5 Å². The van der Waals surface area contributed by atoms with Gasteiger partial charge in [-0.25, -0.2) is 4.98 Å². The molecular formula is C42H31N5OPt. The van der Waals surface area contributed by atoms with E-state index in [1.807, 2.05) is 36.1 Å². The minimum Gasteiger partial charge on any atom is -0.503 e. The van der Waals surface area contributed by atoms with Gasteiger partial charge in [-0.05, 0) is 42.5 Å². The van der Waals surface area contributed by atoms with Gasteiger partial charge in [0.1, 0.15) is 5.82 Å². The van der Waals surface area contributed by atoms with Crippen molar-refractivity contribution in [1.29, 1.82) is 0 Å². The Morgan fingerprint density at radius 3 is 2.10 bits per heavy atom. The molecule has 0 unspecified atom stereocenters. The first-order valence-electron chi connectivity index (χ1n) is 16.1. The largest absolute Gasteiger partial charge is 2.00 e. The molecule has 0 aliphatic heterocycles. The summed E-state index contributed by atoms with van der Waals surface area (Å²) < 4.78 is 13.0. The zero-order valence-electron chi connectivity index (χ0n) is 27.4. The molecule has 0 radical (unpaired) electrons. The Labute approximate surface area is 298 Å². The molecule has 0 amide bonds. The molecule has 0 saturated carbocycles. The van der Waals surface area contributed by atoms with Crippen molar-refractivity contribution in [2.45, 2.75) is 20.8 Å². The van der Waals surface area contributed by atoms with E-state index in [1.165, 1.54) is 32.9 Å². The number of fused-ring (bicyclic) bond motifs is 6. The standard InChI is InChI=1S/C42H31N5O.Pt/c1-26-21-29(42-44-19-20-45(42)4)23-32(22-26)48-31-15-16-34-33-11-5-6-14-37(33)47(38(34)25-31)39-24-30(17-18-43-39)46-40-27(2)9-7-12-35(40)36-13-8-10-28(3)41(36)46;/h5-22,24H,1-4H3;/q-2;+2. The molecule has 0 saturated heterocycles. The Kier molecular flexibility index (Phi) is 7.50. The van der Waals surface area contributed by atoms with E-state index in [9.17, 15) is 0 Å². The maximum Gasteiger partial charge on any atom is 2.00 e. The Morgan fingerprint density at radius 2 is 1.37 bits per heavy atom. The zero-order chi connectivity index (χ0) is 32.5.